The van der Waals surface area contributed by atoms with Crippen molar-refractivity contribution in [2.45, 2.75) is 135 Å². The van der Waals surface area contributed by atoms with Gasteiger partial charge in [0.1, 0.15) is 10.8 Å². The lowest BCUT2D eigenvalue weighted by atomic mass is 9.75. The normalized spacial score (nSPS) is 30.0. The zero-order valence-corrected chi connectivity index (χ0v) is 28.9. The molecule has 4 aliphatic rings. The average molecular weight is 611 g/mol. The zero-order valence-electron chi connectivity index (χ0n) is 28.9. The fraction of sp³-hybridized carbons (Fsp3) is 0.939. The van der Waals surface area contributed by atoms with Crippen LogP contribution >= 0.6 is 0 Å². The second-order valence-corrected chi connectivity index (χ2v) is 16.8. The number of rotatable bonds is 6. The van der Waals surface area contributed by atoms with Crippen LogP contribution < -0.4 is 0 Å². The summed E-state index contributed by atoms with van der Waals surface area (Å²) in [4.78, 5) is 30.8. The highest BCUT2D eigenvalue weighted by molar-refractivity contribution is 5.77. The van der Waals surface area contributed by atoms with E-state index in [1.165, 1.54) is 0 Å². The fourth-order valence-electron chi connectivity index (χ4n) is 7.59. The summed E-state index contributed by atoms with van der Waals surface area (Å²) >= 11 is 0. The molecular formula is C33H58N2O8. The molecule has 4 heterocycles. The minimum absolute atomic E-state index is 0.109. The van der Waals surface area contributed by atoms with Crippen molar-refractivity contribution in [1.29, 1.82) is 0 Å². The van der Waals surface area contributed by atoms with Crippen molar-refractivity contribution in [3.63, 3.8) is 0 Å². The lowest BCUT2D eigenvalue weighted by Gasteiger charge is -2.59. The van der Waals surface area contributed by atoms with E-state index in [0.29, 0.717) is 6.42 Å². The molecule has 4 rings (SSSR count). The Morgan fingerprint density at radius 3 is 1.05 bits per heavy atom. The van der Waals surface area contributed by atoms with Crippen LogP contribution in [0, 0.1) is 10.8 Å². The molecule has 0 atom stereocenters. The highest BCUT2D eigenvalue weighted by Gasteiger charge is 2.58. The van der Waals surface area contributed by atoms with Gasteiger partial charge in [0.15, 0.2) is 11.6 Å². The first-order chi connectivity index (χ1) is 19.5. The van der Waals surface area contributed by atoms with Gasteiger partial charge in [-0.1, -0.05) is 0 Å². The van der Waals surface area contributed by atoms with E-state index in [1.54, 1.807) is 0 Å². The number of esters is 2. The van der Waals surface area contributed by atoms with E-state index < -0.39 is 22.4 Å². The first-order valence-electron chi connectivity index (χ1n) is 15.9. The highest BCUT2D eigenvalue weighted by Crippen LogP contribution is 2.49. The van der Waals surface area contributed by atoms with Crippen molar-refractivity contribution in [2.75, 3.05) is 53.7 Å². The summed E-state index contributed by atoms with van der Waals surface area (Å²) in [6.07, 6.45) is 3.28. The number of hydrogen-bond donors (Lipinski definition) is 0. The average Bonchev–Trinajstić information content (AvgIpc) is 2.89. The first kappa shape index (κ1) is 34.6. The number of carbonyl (C=O) groups is 2. The number of hydrogen-bond acceptors (Lipinski definition) is 10. The van der Waals surface area contributed by atoms with Crippen molar-refractivity contribution < 1.29 is 38.0 Å². The maximum Gasteiger partial charge on any atom is 0.316 e. The molecule has 248 valence electrons. The van der Waals surface area contributed by atoms with Gasteiger partial charge in [0.05, 0.1) is 39.6 Å². The summed E-state index contributed by atoms with van der Waals surface area (Å²) < 4.78 is 36.5. The quantitative estimate of drug-likeness (QED) is 0.315. The SMILES string of the molecule is CN1C(C)(C)CC2(CC1(C)C)OCC(C)(C(=O)OCCCOC(=O)C1(C)COC3(CC(C)(C)N(C)C(C)(C)C3)OC1)CO2. The minimum Gasteiger partial charge on any atom is -0.465 e. The maximum absolute atomic E-state index is 13.0. The Bertz CT molecular complexity index is 929. The molecule has 4 aliphatic heterocycles. The van der Waals surface area contributed by atoms with Gasteiger partial charge < -0.3 is 28.4 Å². The third-order valence-corrected chi connectivity index (χ3v) is 10.8. The third kappa shape index (κ3) is 6.80. The van der Waals surface area contributed by atoms with Crippen molar-refractivity contribution in [3.05, 3.63) is 0 Å². The zero-order chi connectivity index (χ0) is 32.3. The van der Waals surface area contributed by atoms with Gasteiger partial charge in [0.2, 0.25) is 0 Å². The van der Waals surface area contributed by atoms with E-state index in [0.717, 1.165) is 25.7 Å². The molecule has 0 radical (unpaired) electrons. The van der Waals surface area contributed by atoms with Crippen molar-refractivity contribution in [3.8, 4) is 0 Å². The summed E-state index contributed by atoms with van der Waals surface area (Å²) in [6, 6.07) is 0. The van der Waals surface area contributed by atoms with Crippen LogP contribution in [0.15, 0.2) is 0 Å². The molecule has 10 heteroatoms. The van der Waals surface area contributed by atoms with Gasteiger partial charge in [-0.15, -0.1) is 0 Å². The molecule has 2 spiro atoms. The lowest BCUT2D eigenvalue weighted by Crippen LogP contribution is -2.67. The van der Waals surface area contributed by atoms with Gasteiger partial charge in [-0.25, -0.2) is 0 Å². The van der Waals surface area contributed by atoms with E-state index in [9.17, 15) is 9.59 Å². The van der Waals surface area contributed by atoms with Crippen molar-refractivity contribution in [1.82, 2.24) is 9.80 Å². The first-order valence-corrected chi connectivity index (χ1v) is 15.9. The van der Waals surface area contributed by atoms with Crippen LogP contribution in [0.25, 0.3) is 0 Å². The second-order valence-electron chi connectivity index (χ2n) is 16.8. The van der Waals surface area contributed by atoms with E-state index in [-0.39, 0.29) is 73.7 Å². The Morgan fingerprint density at radius 1 is 0.535 bits per heavy atom. The molecule has 0 N–H and O–H groups in total. The van der Waals surface area contributed by atoms with Gasteiger partial charge in [-0.2, -0.15) is 0 Å². The lowest BCUT2D eigenvalue weighted by molar-refractivity contribution is -0.336. The molecule has 0 aliphatic carbocycles. The summed E-state index contributed by atoms with van der Waals surface area (Å²) in [5.41, 5.74) is -2.22. The molecule has 4 saturated heterocycles. The molecule has 0 aromatic heterocycles. The van der Waals surface area contributed by atoms with Crippen molar-refractivity contribution in [2.24, 2.45) is 10.8 Å². The largest absolute Gasteiger partial charge is 0.465 e. The maximum atomic E-state index is 13.0. The van der Waals surface area contributed by atoms with Crippen LogP contribution in [-0.2, 0) is 38.0 Å². The summed E-state index contributed by atoms with van der Waals surface area (Å²) in [5.74, 6) is -2.16. The van der Waals surface area contributed by atoms with Gasteiger partial charge in [-0.05, 0) is 83.3 Å². The van der Waals surface area contributed by atoms with E-state index >= 15 is 0 Å². The summed E-state index contributed by atoms with van der Waals surface area (Å²) in [5, 5.41) is 0. The third-order valence-electron chi connectivity index (χ3n) is 10.8. The molecule has 0 aromatic carbocycles. The molecule has 0 bridgehead atoms. The molecule has 0 saturated carbocycles. The van der Waals surface area contributed by atoms with Crippen LogP contribution in [-0.4, -0.2) is 109 Å². The van der Waals surface area contributed by atoms with Crippen LogP contribution in [0.1, 0.15) is 101 Å². The Hall–Kier alpha value is -1.30. The predicted molar refractivity (Wildman–Crippen MR) is 162 cm³/mol. The summed E-state index contributed by atoms with van der Waals surface area (Å²) in [7, 11) is 4.27. The van der Waals surface area contributed by atoms with E-state index in [4.69, 9.17) is 28.4 Å². The number of carbonyl (C=O) groups excluding carboxylic acids is 2. The Morgan fingerprint density at radius 2 is 0.791 bits per heavy atom. The number of nitrogens with zero attached hydrogens (tertiary/aromatic N) is 2. The molecular weight excluding hydrogens is 552 g/mol. The monoisotopic (exact) mass is 610 g/mol. The molecule has 0 aromatic rings. The molecule has 0 unspecified atom stereocenters. The fourth-order valence-corrected chi connectivity index (χ4v) is 7.59. The Labute approximate surface area is 259 Å². The molecule has 10 nitrogen and oxygen atoms in total. The molecule has 0 amide bonds. The van der Waals surface area contributed by atoms with Crippen molar-refractivity contribution >= 4 is 11.9 Å². The van der Waals surface area contributed by atoms with E-state index in [2.05, 4.69) is 79.3 Å². The van der Waals surface area contributed by atoms with E-state index in [1.807, 2.05) is 13.8 Å². The standard InChI is InChI=1S/C33H58N2O8/c1-26(2)16-32(17-27(3,4)34(26)11)40-20-30(9,21-41-32)24(36)38-14-13-15-39-25(37)31(10)22-42-33(43-23-31)18-28(5,6)35(12)29(7,8)19-33/h13-23H2,1-12H3. The number of ether oxygens (including phenoxy) is 6. The number of likely N-dealkylation sites (tertiary alicyclic amines) is 2. The van der Waals surface area contributed by atoms with Gasteiger partial charge in [0, 0.05) is 54.3 Å². The highest BCUT2D eigenvalue weighted by atomic mass is 16.7. The second kappa shape index (κ2) is 11.2. The topological polar surface area (TPSA) is 96.0 Å². The van der Waals surface area contributed by atoms with Crippen LogP contribution in [0.4, 0.5) is 0 Å². The van der Waals surface area contributed by atoms with Gasteiger partial charge >= 0.3 is 11.9 Å². The minimum atomic E-state index is -0.892. The van der Waals surface area contributed by atoms with Crippen LogP contribution in [0.3, 0.4) is 0 Å². The number of piperidine rings is 2. The smallest absolute Gasteiger partial charge is 0.316 e. The van der Waals surface area contributed by atoms with Crippen LogP contribution in [0.2, 0.25) is 0 Å². The molecule has 43 heavy (non-hydrogen) atoms. The van der Waals surface area contributed by atoms with Crippen LogP contribution in [0.5, 0.6) is 0 Å². The van der Waals surface area contributed by atoms with Gasteiger partial charge in [-0.3, -0.25) is 19.4 Å². The van der Waals surface area contributed by atoms with Gasteiger partial charge in [0.25, 0.3) is 0 Å². The summed E-state index contributed by atoms with van der Waals surface area (Å²) in [6.45, 7) is 22.4. The predicted octanol–water partition coefficient (Wildman–Crippen LogP) is 4.53. The molecule has 4 fully saturated rings. The Kier molecular flexibility index (Phi) is 9.00. The Balaban J connectivity index is 1.20.